The van der Waals surface area contributed by atoms with Crippen molar-refractivity contribution in [1.29, 1.82) is 0 Å². The maximum Gasteiger partial charge on any atom is 0.259 e. The molecule has 2 N–H and O–H groups in total. The molecule has 30 heavy (non-hydrogen) atoms. The van der Waals surface area contributed by atoms with E-state index in [1.54, 1.807) is 36.4 Å². The van der Waals surface area contributed by atoms with Gasteiger partial charge in [0, 0.05) is 37.0 Å². The van der Waals surface area contributed by atoms with Crippen LogP contribution < -0.4 is 15.5 Å². The lowest BCUT2D eigenvalue weighted by Crippen LogP contribution is -2.39. The number of carbonyl (C=O) groups is 3. The number of benzene rings is 2. The lowest BCUT2D eigenvalue weighted by Gasteiger charge is -2.25. The van der Waals surface area contributed by atoms with Gasteiger partial charge >= 0.3 is 0 Å². The minimum Gasteiger partial charge on any atom is -0.379 e. The zero-order chi connectivity index (χ0) is 21.7. The third-order valence-corrected chi connectivity index (χ3v) is 4.75. The molecule has 0 aromatic heterocycles. The van der Waals surface area contributed by atoms with E-state index >= 15 is 0 Å². The van der Waals surface area contributed by atoms with E-state index in [9.17, 15) is 14.4 Å². The second-order valence-corrected chi connectivity index (χ2v) is 7.46. The molecular formula is C23H27N3O4. The van der Waals surface area contributed by atoms with Gasteiger partial charge in [-0.25, -0.2) is 0 Å². The number of hydrogen-bond acceptors (Lipinski definition) is 4. The van der Waals surface area contributed by atoms with Crippen molar-refractivity contribution in [2.75, 3.05) is 23.4 Å². The van der Waals surface area contributed by atoms with Crippen molar-refractivity contribution < 1.29 is 19.1 Å². The lowest BCUT2D eigenvalue weighted by atomic mass is 10.0. The molecule has 7 heteroatoms. The average molecular weight is 409 g/mol. The first-order valence-electron chi connectivity index (χ1n) is 10.1. The largest absolute Gasteiger partial charge is 0.379 e. The Morgan fingerprint density at radius 3 is 2.47 bits per heavy atom. The molecule has 0 unspecified atom stereocenters. The van der Waals surface area contributed by atoms with Gasteiger partial charge in [-0.2, -0.15) is 0 Å². The van der Waals surface area contributed by atoms with Crippen molar-refractivity contribution in [3.8, 4) is 0 Å². The number of nitrogens with zero attached hydrogens (tertiary/aromatic N) is 1. The predicted octanol–water partition coefficient (Wildman–Crippen LogP) is 3.28. The number of fused-ring (bicyclic) bond motifs is 1. The first kappa shape index (κ1) is 21.5. The fraction of sp³-hybridized carbons (Fsp3) is 0.348. The van der Waals surface area contributed by atoms with E-state index in [4.69, 9.17) is 4.74 Å². The number of amides is 3. The van der Waals surface area contributed by atoms with Gasteiger partial charge in [0.25, 0.3) is 5.91 Å². The second kappa shape index (κ2) is 9.54. The molecule has 2 aromatic rings. The molecule has 0 saturated heterocycles. The Labute approximate surface area is 176 Å². The highest BCUT2D eigenvalue weighted by Crippen LogP contribution is 2.38. The maximum absolute atomic E-state index is 13.1. The predicted molar refractivity (Wildman–Crippen MR) is 115 cm³/mol. The summed E-state index contributed by atoms with van der Waals surface area (Å²) in [5.41, 5.74) is 2.42. The second-order valence-electron chi connectivity index (χ2n) is 7.46. The van der Waals surface area contributed by atoms with E-state index in [-0.39, 0.29) is 23.8 Å². The van der Waals surface area contributed by atoms with Crippen LogP contribution in [0.15, 0.2) is 48.5 Å². The molecule has 1 heterocycles. The fourth-order valence-electron chi connectivity index (χ4n) is 3.45. The van der Waals surface area contributed by atoms with Gasteiger partial charge in [-0.05, 0) is 56.2 Å². The van der Waals surface area contributed by atoms with E-state index in [0.717, 1.165) is 0 Å². The van der Waals surface area contributed by atoms with Crippen molar-refractivity contribution in [3.63, 3.8) is 0 Å². The van der Waals surface area contributed by atoms with Crippen molar-refractivity contribution >= 4 is 29.1 Å². The summed E-state index contributed by atoms with van der Waals surface area (Å²) in [4.78, 5) is 38.9. The topological polar surface area (TPSA) is 87.7 Å². The zero-order valence-corrected chi connectivity index (χ0v) is 17.5. The van der Waals surface area contributed by atoms with E-state index in [2.05, 4.69) is 10.6 Å². The van der Waals surface area contributed by atoms with Gasteiger partial charge in [-0.15, -0.1) is 0 Å². The summed E-state index contributed by atoms with van der Waals surface area (Å²) in [6, 6.07) is 13.3. The van der Waals surface area contributed by atoms with Crippen LogP contribution in [0.3, 0.4) is 0 Å². The summed E-state index contributed by atoms with van der Waals surface area (Å²) in [5.74, 6) is -0.629. The summed E-state index contributed by atoms with van der Waals surface area (Å²) in [6.45, 7) is 6.39. The first-order valence-corrected chi connectivity index (χ1v) is 10.1. The van der Waals surface area contributed by atoms with Crippen molar-refractivity contribution in [3.05, 3.63) is 59.7 Å². The summed E-state index contributed by atoms with van der Waals surface area (Å²) in [7, 11) is 0. The molecule has 0 spiro atoms. The number of ether oxygens (including phenoxy) is 1. The van der Waals surface area contributed by atoms with Gasteiger partial charge in [-0.3, -0.25) is 19.3 Å². The molecule has 1 aliphatic rings. The van der Waals surface area contributed by atoms with Gasteiger partial charge in [0.15, 0.2) is 0 Å². The van der Waals surface area contributed by atoms with Crippen LogP contribution >= 0.6 is 0 Å². The Balaban J connectivity index is 1.79. The molecule has 0 radical (unpaired) electrons. The van der Waals surface area contributed by atoms with Crippen molar-refractivity contribution in [2.45, 2.75) is 39.3 Å². The van der Waals surface area contributed by atoms with Crippen LogP contribution in [0.1, 0.15) is 49.2 Å². The molecule has 0 bridgehead atoms. The molecule has 3 amide bonds. The molecule has 0 fully saturated rings. The van der Waals surface area contributed by atoms with E-state index < -0.39 is 6.04 Å². The third-order valence-electron chi connectivity index (χ3n) is 4.75. The normalized spacial score (nSPS) is 15.3. The molecule has 3 rings (SSSR count). The summed E-state index contributed by atoms with van der Waals surface area (Å²) in [5, 5.41) is 5.63. The Kier molecular flexibility index (Phi) is 6.84. The van der Waals surface area contributed by atoms with Crippen LogP contribution in [-0.2, 0) is 14.3 Å². The van der Waals surface area contributed by atoms with E-state index in [1.807, 2.05) is 26.0 Å². The maximum atomic E-state index is 13.1. The fourth-order valence-corrected chi connectivity index (χ4v) is 3.45. The van der Waals surface area contributed by atoms with E-state index in [1.165, 1.54) is 11.8 Å². The zero-order valence-electron chi connectivity index (χ0n) is 17.5. The molecule has 0 saturated carbocycles. The van der Waals surface area contributed by atoms with Crippen LogP contribution in [0.25, 0.3) is 0 Å². The minimum atomic E-state index is -0.744. The first-order chi connectivity index (χ1) is 14.4. The third kappa shape index (κ3) is 4.86. The van der Waals surface area contributed by atoms with Gasteiger partial charge < -0.3 is 15.4 Å². The highest BCUT2D eigenvalue weighted by atomic mass is 16.5. The SMILES string of the molecule is CC(=O)Nc1ccc(N2C(=O)c3ccccc3[C@@H]2C(=O)NCCCOC(C)C)cc1. The average Bonchev–Trinajstić information content (AvgIpc) is 3.00. The van der Waals surface area contributed by atoms with Gasteiger partial charge in [0.05, 0.1) is 6.10 Å². The standard InChI is InChI=1S/C23H27N3O4/c1-15(2)30-14-6-13-24-22(28)21-19-7-4-5-8-20(19)23(29)26(21)18-11-9-17(10-12-18)25-16(3)27/h4-5,7-12,15,21H,6,13-14H2,1-3H3,(H,24,28)(H,25,27)/t21-/m1/s1. The van der Waals surface area contributed by atoms with Crippen LogP contribution in [0, 0.1) is 0 Å². The van der Waals surface area contributed by atoms with Gasteiger partial charge in [-0.1, -0.05) is 18.2 Å². The molecule has 1 atom stereocenters. The van der Waals surface area contributed by atoms with Crippen LogP contribution in [-0.4, -0.2) is 37.0 Å². The lowest BCUT2D eigenvalue weighted by molar-refractivity contribution is -0.122. The number of hydrogen-bond donors (Lipinski definition) is 2. The van der Waals surface area contributed by atoms with Gasteiger partial charge in [0.1, 0.15) is 6.04 Å². The highest BCUT2D eigenvalue weighted by molar-refractivity contribution is 6.15. The number of carbonyl (C=O) groups excluding carboxylic acids is 3. The Morgan fingerprint density at radius 2 is 1.80 bits per heavy atom. The number of nitrogens with one attached hydrogen (secondary N) is 2. The minimum absolute atomic E-state index is 0.149. The molecule has 158 valence electrons. The Hall–Kier alpha value is -3.19. The highest BCUT2D eigenvalue weighted by Gasteiger charge is 2.41. The molecular weight excluding hydrogens is 382 g/mol. The van der Waals surface area contributed by atoms with Crippen molar-refractivity contribution in [1.82, 2.24) is 5.32 Å². The van der Waals surface area contributed by atoms with Crippen LogP contribution in [0.5, 0.6) is 0 Å². The van der Waals surface area contributed by atoms with Gasteiger partial charge in [0.2, 0.25) is 11.8 Å². The van der Waals surface area contributed by atoms with Crippen LogP contribution in [0.4, 0.5) is 11.4 Å². The number of rotatable bonds is 8. The Morgan fingerprint density at radius 1 is 1.10 bits per heavy atom. The molecule has 2 aromatic carbocycles. The van der Waals surface area contributed by atoms with Crippen molar-refractivity contribution in [2.24, 2.45) is 0 Å². The quantitative estimate of drug-likeness (QED) is 0.655. The summed E-state index contributed by atoms with van der Waals surface area (Å²) >= 11 is 0. The number of anilines is 2. The smallest absolute Gasteiger partial charge is 0.259 e. The summed E-state index contributed by atoms with van der Waals surface area (Å²) < 4.78 is 5.51. The molecule has 1 aliphatic heterocycles. The van der Waals surface area contributed by atoms with Crippen LogP contribution in [0.2, 0.25) is 0 Å². The Bertz CT molecular complexity index is 924. The molecule has 0 aliphatic carbocycles. The monoisotopic (exact) mass is 409 g/mol. The summed E-state index contributed by atoms with van der Waals surface area (Å²) in [6.07, 6.45) is 0.841. The van der Waals surface area contributed by atoms with E-state index in [0.29, 0.717) is 42.1 Å². The molecule has 7 nitrogen and oxygen atoms in total.